The van der Waals surface area contributed by atoms with Gasteiger partial charge in [-0.1, -0.05) is 18.3 Å². The van der Waals surface area contributed by atoms with Gasteiger partial charge in [0.25, 0.3) is 0 Å². The molecule has 1 N–H and O–H groups in total. The first kappa shape index (κ1) is 9.79. The molecule has 15 heavy (non-hydrogen) atoms. The van der Waals surface area contributed by atoms with Gasteiger partial charge in [0.05, 0.1) is 6.42 Å². The molecule has 0 saturated carbocycles. The lowest BCUT2D eigenvalue weighted by atomic mass is 10.2. The second kappa shape index (κ2) is 4.18. The lowest BCUT2D eigenvalue weighted by Crippen LogP contribution is -2.35. The molecule has 0 radical (unpaired) electrons. The molecule has 0 bridgehead atoms. The van der Waals surface area contributed by atoms with Crippen molar-refractivity contribution in [1.29, 1.82) is 0 Å². The van der Waals surface area contributed by atoms with Crippen LogP contribution in [0.15, 0.2) is 36.7 Å². The van der Waals surface area contributed by atoms with Crippen molar-refractivity contribution in [3.63, 3.8) is 0 Å². The van der Waals surface area contributed by atoms with Crippen LogP contribution in [0.25, 0.3) is 0 Å². The van der Waals surface area contributed by atoms with Crippen molar-refractivity contribution in [3.8, 4) is 0 Å². The number of anilines is 1. The Morgan fingerprint density at radius 2 is 2.33 bits per heavy atom. The normalized spacial score (nSPS) is 15.6. The molecule has 1 aromatic rings. The number of nitrogens with zero attached hydrogens (tertiary/aromatic N) is 2. The SMILES string of the molecule is O=C1CC(=S)C=CN1Nc1ccccn1. The molecule has 0 spiro atoms. The van der Waals surface area contributed by atoms with Gasteiger partial charge >= 0.3 is 0 Å². The number of aromatic nitrogens is 1. The minimum atomic E-state index is -0.0758. The number of rotatable bonds is 2. The number of hydrogen-bond donors (Lipinski definition) is 1. The van der Waals surface area contributed by atoms with E-state index in [4.69, 9.17) is 12.2 Å². The molecule has 0 aliphatic carbocycles. The highest BCUT2D eigenvalue weighted by Crippen LogP contribution is 2.09. The van der Waals surface area contributed by atoms with Crippen molar-refractivity contribution < 1.29 is 4.79 Å². The molecule has 0 fully saturated rings. The zero-order valence-corrected chi connectivity index (χ0v) is 8.70. The summed E-state index contributed by atoms with van der Waals surface area (Å²) in [7, 11) is 0. The quantitative estimate of drug-likeness (QED) is 0.766. The molecule has 5 heteroatoms. The number of carbonyl (C=O) groups is 1. The summed E-state index contributed by atoms with van der Waals surface area (Å²) in [6.07, 6.45) is 5.27. The Bertz CT molecular complexity index is 416. The van der Waals surface area contributed by atoms with Crippen molar-refractivity contribution in [3.05, 3.63) is 36.7 Å². The van der Waals surface area contributed by atoms with Crippen molar-refractivity contribution in [2.24, 2.45) is 0 Å². The van der Waals surface area contributed by atoms with Crippen LogP contribution in [0.3, 0.4) is 0 Å². The standard InChI is InChI=1S/C10H9N3OS/c14-10-7-8(15)4-6-13(10)12-9-3-1-2-5-11-9/h1-6H,7H2,(H,11,12). The van der Waals surface area contributed by atoms with Gasteiger partial charge in [-0.15, -0.1) is 0 Å². The molecular weight excluding hydrogens is 210 g/mol. The van der Waals surface area contributed by atoms with E-state index in [-0.39, 0.29) is 12.3 Å². The predicted molar refractivity (Wildman–Crippen MR) is 61.1 cm³/mol. The van der Waals surface area contributed by atoms with Crippen molar-refractivity contribution in [1.82, 2.24) is 9.99 Å². The maximum absolute atomic E-state index is 11.5. The van der Waals surface area contributed by atoms with E-state index < -0.39 is 0 Å². The summed E-state index contributed by atoms with van der Waals surface area (Å²) in [5, 5.41) is 1.39. The van der Waals surface area contributed by atoms with Crippen LogP contribution in [0.2, 0.25) is 0 Å². The smallest absolute Gasteiger partial charge is 0.250 e. The zero-order valence-electron chi connectivity index (χ0n) is 7.88. The molecule has 0 unspecified atom stereocenters. The highest BCUT2D eigenvalue weighted by Gasteiger charge is 2.16. The van der Waals surface area contributed by atoms with E-state index in [1.807, 2.05) is 12.1 Å². The van der Waals surface area contributed by atoms with E-state index in [1.54, 1.807) is 24.5 Å². The minimum absolute atomic E-state index is 0.0758. The maximum Gasteiger partial charge on any atom is 0.250 e. The fourth-order valence-electron chi connectivity index (χ4n) is 1.19. The molecule has 76 valence electrons. The van der Waals surface area contributed by atoms with Crippen LogP contribution in [0.4, 0.5) is 5.82 Å². The van der Waals surface area contributed by atoms with Crippen molar-refractivity contribution in [2.45, 2.75) is 6.42 Å². The van der Waals surface area contributed by atoms with Crippen molar-refractivity contribution in [2.75, 3.05) is 5.43 Å². The van der Waals surface area contributed by atoms with Gasteiger partial charge in [-0.3, -0.25) is 10.2 Å². The first-order valence-electron chi connectivity index (χ1n) is 4.46. The Morgan fingerprint density at radius 3 is 3.00 bits per heavy atom. The molecule has 0 saturated heterocycles. The molecular formula is C10H9N3OS. The Labute approximate surface area is 92.6 Å². The monoisotopic (exact) mass is 219 g/mol. The minimum Gasteiger partial charge on any atom is -0.275 e. The maximum atomic E-state index is 11.5. The lowest BCUT2D eigenvalue weighted by molar-refractivity contribution is -0.126. The molecule has 1 aromatic heterocycles. The van der Waals surface area contributed by atoms with Crippen LogP contribution in [-0.4, -0.2) is 20.8 Å². The van der Waals surface area contributed by atoms with Gasteiger partial charge in [0, 0.05) is 17.3 Å². The number of carbonyl (C=O) groups excluding carboxylic acids is 1. The first-order chi connectivity index (χ1) is 7.25. The van der Waals surface area contributed by atoms with E-state index in [0.29, 0.717) is 10.7 Å². The summed E-state index contributed by atoms with van der Waals surface area (Å²) in [6.45, 7) is 0. The Morgan fingerprint density at radius 1 is 1.47 bits per heavy atom. The van der Waals surface area contributed by atoms with Gasteiger partial charge < -0.3 is 0 Å². The van der Waals surface area contributed by atoms with E-state index in [0.717, 1.165) is 0 Å². The van der Waals surface area contributed by atoms with Gasteiger partial charge in [0.15, 0.2) is 0 Å². The van der Waals surface area contributed by atoms with Crippen LogP contribution in [0, 0.1) is 0 Å². The zero-order chi connectivity index (χ0) is 10.7. The van der Waals surface area contributed by atoms with Gasteiger partial charge in [0.1, 0.15) is 5.82 Å². The Hall–Kier alpha value is -1.75. The average Bonchev–Trinajstić information content (AvgIpc) is 2.24. The van der Waals surface area contributed by atoms with Gasteiger partial charge in [-0.2, -0.15) is 0 Å². The van der Waals surface area contributed by atoms with Crippen LogP contribution in [0.5, 0.6) is 0 Å². The number of amides is 1. The van der Waals surface area contributed by atoms with E-state index >= 15 is 0 Å². The second-order valence-electron chi connectivity index (χ2n) is 3.05. The second-order valence-corrected chi connectivity index (χ2v) is 3.57. The van der Waals surface area contributed by atoms with E-state index in [1.165, 1.54) is 5.01 Å². The summed E-state index contributed by atoms with van der Waals surface area (Å²) in [5.41, 5.74) is 2.88. The Balaban J connectivity index is 2.10. The fraction of sp³-hybridized carbons (Fsp3) is 0.100. The number of nitrogens with one attached hydrogen (secondary N) is 1. The molecule has 2 heterocycles. The van der Waals surface area contributed by atoms with Crippen LogP contribution in [-0.2, 0) is 4.79 Å². The summed E-state index contributed by atoms with van der Waals surface area (Å²) >= 11 is 4.92. The third kappa shape index (κ3) is 2.38. The van der Waals surface area contributed by atoms with Crippen molar-refractivity contribution >= 4 is 28.8 Å². The molecule has 4 nitrogen and oxygen atoms in total. The number of thiocarbonyl (C=S) groups is 1. The number of allylic oxidation sites excluding steroid dienone is 1. The van der Waals surface area contributed by atoms with E-state index in [9.17, 15) is 4.79 Å². The van der Waals surface area contributed by atoms with Gasteiger partial charge in [-0.25, -0.2) is 9.99 Å². The van der Waals surface area contributed by atoms with Gasteiger partial charge in [-0.05, 0) is 18.2 Å². The third-order valence-electron chi connectivity index (χ3n) is 1.90. The summed E-state index contributed by atoms with van der Waals surface area (Å²) in [5.74, 6) is 0.552. The number of hydrogen-bond acceptors (Lipinski definition) is 4. The topological polar surface area (TPSA) is 45.2 Å². The molecule has 1 amide bonds. The van der Waals surface area contributed by atoms with Crippen LogP contribution < -0.4 is 5.43 Å². The highest BCUT2D eigenvalue weighted by molar-refractivity contribution is 7.80. The van der Waals surface area contributed by atoms with Crippen LogP contribution in [0.1, 0.15) is 6.42 Å². The molecule has 1 aliphatic rings. The molecule has 0 atom stereocenters. The largest absolute Gasteiger partial charge is 0.275 e. The number of pyridine rings is 1. The highest BCUT2D eigenvalue weighted by atomic mass is 32.1. The predicted octanol–water partition coefficient (Wildman–Crippen LogP) is 1.52. The average molecular weight is 219 g/mol. The molecule has 0 aromatic carbocycles. The molecule has 1 aliphatic heterocycles. The summed E-state index contributed by atoms with van der Waals surface area (Å²) in [6, 6.07) is 5.44. The van der Waals surface area contributed by atoms with Gasteiger partial charge in [0.2, 0.25) is 5.91 Å². The Kier molecular flexibility index (Phi) is 2.73. The first-order valence-corrected chi connectivity index (χ1v) is 4.87. The summed E-state index contributed by atoms with van der Waals surface area (Å²) < 4.78 is 0. The van der Waals surface area contributed by atoms with Crippen LogP contribution >= 0.6 is 12.2 Å². The third-order valence-corrected chi connectivity index (χ3v) is 2.18. The fourth-order valence-corrected chi connectivity index (χ4v) is 1.37. The molecule has 2 rings (SSSR count). The lowest BCUT2D eigenvalue weighted by Gasteiger charge is -2.22. The van der Waals surface area contributed by atoms with E-state index in [2.05, 4.69) is 10.4 Å². The number of hydrazine groups is 1. The summed E-state index contributed by atoms with van der Waals surface area (Å²) in [4.78, 5) is 16.2.